The van der Waals surface area contributed by atoms with E-state index in [0.29, 0.717) is 29.8 Å². The van der Waals surface area contributed by atoms with Crippen molar-refractivity contribution in [2.45, 2.75) is 57.0 Å². The van der Waals surface area contributed by atoms with Gasteiger partial charge in [-0.2, -0.15) is 0 Å². The van der Waals surface area contributed by atoms with Crippen molar-refractivity contribution in [1.82, 2.24) is 10.0 Å². The highest BCUT2D eigenvalue weighted by atomic mass is 32.2. The largest absolute Gasteiger partial charge is 0.444 e. The fourth-order valence-electron chi connectivity index (χ4n) is 3.83. The van der Waals surface area contributed by atoms with Gasteiger partial charge in [-0.3, -0.25) is 0 Å². The molecule has 2 N–H and O–H groups in total. The summed E-state index contributed by atoms with van der Waals surface area (Å²) in [4.78, 5) is 12.1. The molecule has 2 aromatic carbocycles. The minimum absolute atomic E-state index is 0.302. The molecule has 6 nitrogen and oxygen atoms in total. The van der Waals surface area contributed by atoms with Crippen molar-refractivity contribution in [3.8, 4) is 0 Å². The number of nitrogens with one attached hydrogen (secondary N) is 2. The summed E-state index contributed by atoms with van der Waals surface area (Å²) in [5.41, 5.74) is -0.496. The van der Waals surface area contributed by atoms with E-state index in [9.17, 15) is 13.2 Å². The number of amides is 1. The zero-order chi connectivity index (χ0) is 21.8. The van der Waals surface area contributed by atoms with Crippen LogP contribution in [-0.2, 0) is 14.8 Å². The third-order valence-electron chi connectivity index (χ3n) is 5.49. The van der Waals surface area contributed by atoms with Crippen molar-refractivity contribution in [2.24, 2.45) is 11.8 Å². The SMILES string of the molecule is CC(C)(C)OC(=O)NC[C@H]1CC[C@H](CNS(=O)(=O)c2ccc3ccccc3c2)CC1. The van der Waals surface area contributed by atoms with E-state index in [0.717, 1.165) is 36.5 Å². The molecule has 3 rings (SSSR count). The van der Waals surface area contributed by atoms with E-state index in [1.807, 2.05) is 51.1 Å². The maximum atomic E-state index is 12.7. The smallest absolute Gasteiger partial charge is 0.407 e. The third-order valence-corrected chi connectivity index (χ3v) is 6.91. The molecular formula is C23H32N2O4S. The zero-order valence-electron chi connectivity index (χ0n) is 18.0. The predicted molar refractivity (Wildman–Crippen MR) is 119 cm³/mol. The van der Waals surface area contributed by atoms with Crippen LogP contribution in [0, 0.1) is 11.8 Å². The monoisotopic (exact) mass is 432 g/mol. The van der Waals surface area contributed by atoms with E-state index < -0.39 is 15.6 Å². The molecule has 0 atom stereocenters. The van der Waals surface area contributed by atoms with Gasteiger partial charge in [0.1, 0.15) is 5.60 Å². The zero-order valence-corrected chi connectivity index (χ0v) is 18.8. The maximum absolute atomic E-state index is 12.7. The second-order valence-electron chi connectivity index (χ2n) is 9.13. The van der Waals surface area contributed by atoms with Crippen molar-refractivity contribution in [2.75, 3.05) is 13.1 Å². The fraction of sp³-hybridized carbons (Fsp3) is 0.522. The summed E-state index contributed by atoms with van der Waals surface area (Å²) in [5.74, 6) is 0.726. The minimum atomic E-state index is -3.53. The standard InChI is InChI=1S/C23H32N2O4S/c1-23(2,3)29-22(26)24-15-17-8-10-18(11-9-17)16-25-30(27,28)21-13-12-19-6-4-5-7-20(19)14-21/h4-7,12-14,17-18,25H,8-11,15-16H2,1-3H3,(H,24,26)/t17-,18-. The van der Waals surface area contributed by atoms with Crippen LogP contribution in [0.5, 0.6) is 0 Å². The molecular weight excluding hydrogens is 400 g/mol. The summed E-state index contributed by atoms with van der Waals surface area (Å²) >= 11 is 0. The number of hydrogen-bond acceptors (Lipinski definition) is 4. The molecule has 0 bridgehead atoms. The van der Waals surface area contributed by atoms with Crippen molar-refractivity contribution in [1.29, 1.82) is 0 Å². The number of rotatable bonds is 6. The van der Waals surface area contributed by atoms with E-state index in [1.54, 1.807) is 12.1 Å². The molecule has 164 valence electrons. The molecule has 0 aliphatic heterocycles. The number of carbonyl (C=O) groups is 1. The van der Waals surface area contributed by atoms with Crippen LogP contribution in [0.4, 0.5) is 4.79 Å². The highest BCUT2D eigenvalue weighted by molar-refractivity contribution is 7.89. The molecule has 1 amide bonds. The molecule has 1 aliphatic rings. The molecule has 7 heteroatoms. The Labute approximate surface area is 179 Å². The van der Waals surface area contributed by atoms with Crippen molar-refractivity contribution < 1.29 is 17.9 Å². The van der Waals surface area contributed by atoms with Crippen LogP contribution >= 0.6 is 0 Å². The van der Waals surface area contributed by atoms with Gasteiger partial charge in [-0.15, -0.1) is 0 Å². The summed E-state index contributed by atoms with van der Waals surface area (Å²) in [6.07, 6.45) is 3.45. The molecule has 0 aromatic heterocycles. The first kappa shape index (κ1) is 22.6. The van der Waals surface area contributed by atoms with Crippen LogP contribution in [0.3, 0.4) is 0 Å². The van der Waals surface area contributed by atoms with Gasteiger partial charge >= 0.3 is 6.09 Å². The molecule has 1 saturated carbocycles. The maximum Gasteiger partial charge on any atom is 0.407 e. The second-order valence-corrected chi connectivity index (χ2v) is 10.9. The fourth-order valence-corrected chi connectivity index (χ4v) is 4.98. The number of ether oxygens (including phenoxy) is 1. The van der Waals surface area contributed by atoms with E-state index in [4.69, 9.17) is 4.74 Å². The van der Waals surface area contributed by atoms with E-state index >= 15 is 0 Å². The molecule has 0 unspecified atom stereocenters. The average molecular weight is 433 g/mol. The minimum Gasteiger partial charge on any atom is -0.444 e. The van der Waals surface area contributed by atoms with Crippen LogP contribution in [0.25, 0.3) is 10.8 Å². The Kier molecular flexibility index (Phi) is 7.03. The average Bonchev–Trinajstić information content (AvgIpc) is 2.70. The number of alkyl carbamates (subject to hydrolysis) is 1. The molecule has 30 heavy (non-hydrogen) atoms. The Hall–Kier alpha value is -2.12. The highest BCUT2D eigenvalue weighted by Gasteiger charge is 2.24. The van der Waals surface area contributed by atoms with Gasteiger partial charge in [0.2, 0.25) is 10.0 Å². The van der Waals surface area contributed by atoms with Gasteiger partial charge in [0.05, 0.1) is 4.90 Å². The second kappa shape index (κ2) is 9.35. The lowest BCUT2D eigenvalue weighted by Crippen LogP contribution is -2.37. The van der Waals surface area contributed by atoms with E-state index in [-0.39, 0.29) is 6.09 Å². The lowest BCUT2D eigenvalue weighted by atomic mass is 9.82. The summed E-state index contributed by atoms with van der Waals surface area (Å²) in [7, 11) is -3.53. The summed E-state index contributed by atoms with van der Waals surface area (Å²) < 4.78 is 33.5. The van der Waals surface area contributed by atoms with Crippen LogP contribution in [0.1, 0.15) is 46.5 Å². The Balaban J connectivity index is 1.45. The first-order chi connectivity index (χ1) is 14.1. The Morgan fingerprint density at radius 3 is 2.20 bits per heavy atom. The van der Waals surface area contributed by atoms with Gasteiger partial charge < -0.3 is 10.1 Å². The molecule has 1 aliphatic carbocycles. The lowest BCUT2D eigenvalue weighted by molar-refractivity contribution is 0.0513. The molecule has 2 aromatic rings. The first-order valence-corrected chi connectivity index (χ1v) is 12.1. The van der Waals surface area contributed by atoms with Crippen LogP contribution in [0.2, 0.25) is 0 Å². The van der Waals surface area contributed by atoms with Gasteiger partial charge in [0.15, 0.2) is 0 Å². The van der Waals surface area contributed by atoms with E-state index in [2.05, 4.69) is 10.0 Å². The third kappa shape index (κ3) is 6.44. The van der Waals surface area contributed by atoms with Gasteiger partial charge in [-0.05, 0) is 81.2 Å². The Morgan fingerprint density at radius 2 is 1.57 bits per heavy atom. The Morgan fingerprint density at radius 1 is 0.967 bits per heavy atom. The lowest BCUT2D eigenvalue weighted by Gasteiger charge is -2.29. The molecule has 0 spiro atoms. The van der Waals surface area contributed by atoms with Crippen LogP contribution in [-0.4, -0.2) is 33.2 Å². The van der Waals surface area contributed by atoms with Gasteiger partial charge in [-0.25, -0.2) is 17.9 Å². The van der Waals surface area contributed by atoms with Gasteiger partial charge in [0.25, 0.3) is 0 Å². The van der Waals surface area contributed by atoms with E-state index in [1.165, 1.54) is 0 Å². The summed E-state index contributed by atoms with van der Waals surface area (Å²) in [5, 5.41) is 4.78. The van der Waals surface area contributed by atoms with Crippen molar-refractivity contribution in [3.63, 3.8) is 0 Å². The molecule has 0 radical (unpaired) electrons. The number of carbonyl (C=O) groups excluding carboxylic acids is 1. The predicted octanol–water partition coefficient (Wildman–Crippen LogP) is 4.45. The van der Waals surface area contributed by atoms with Crippen LogP contribution < -0.4 is 10.0 Å². The van der Waals surface area contributed by atoms with Gasteiger partial charge in [-0.1, -0.05) is 30.3 Å². The topological polar surface area (TPSA) is 84.5 Å². The van der Waals surface area contributed by atoms with Gasteiger partial charge in [0, 0.05) is 13.1 Å². The molecule has 1 fully saturated rings. The number of hydrogen-bond donors (Lipinski definition) is 2. The number of benzene rings is 2. The van der Waals surface area contributed by atoms with Crippen LogP contribution in [0.15, 0.2) is 47.4 Å². The summed E-state index contributed by atoms with van der Waals surface area (Å²) in [6.45, 7) is 6.58. The Bertz CT molecular complexity index is 974. The molecule has 0 heterocycles. The molecule has 0 saturated heterocycles. The normalized spacial score (nSPS) is 20.1. The quantitative estimate of drug-likeness (QED) is 0.706. The number of sulfonamides is 1. The highest BCUT2D eigenvalue weighted by Crippen LogP contribution is 2.28. The van der Waals surface area contributed by atoms with Crippen molar-refractivity contribution in [3.05, 3.63) is 42.5 Å². The summed E-state index contributed by atoms with van der Waals surface area (Å²) in [6, 6.07) is 12.9. The van der Waals surface area contributed by atoms with Crippen molar-refractivity contribution >= 4 is 26.9 Å². The first-order valence-electron chi connectivity index (χ1n) is 10.6. The number of fused-ring (bicyclic) bond motifs is 1.